The number of rotatable bonds is 23. The monoisotopic (exact) mass is 454 g/mol. The quantitative estimate of drug-likeness (QED) is 0.136. The Bertz CT molecular complexity index is 378. The minimum Gasteiger partial charge on any atom is -0.382 e. The van der Waals surface area contributed by atoms with E-state index >= 15 is 0 Å². The number of methoxy groups -OCH3 is 1. The molecule has 0 aromatic carbocycles. The average molecular weight is 455 g/mol. The topological polar surface area (TPSA) is 68.2 Å². The molecule has 0 fully saturated rings. The van der Waals surface area contributed by atoms with E-state index in [4.69, 9.17) is 23.8 Å². The SMILES string of the molecule is CCCCCCCCCCCCCCCCCCOC(COC)COP(O)(O)=S. The van der Waals surface area contributed by atoms with Gasteiger partial charge in [0.25, 0.3) is 0 Å². The average Bonchev–Trinajstić information content (AvgIpc) is 2.67. The molecule has 0 rings (SSSR count). The highest BCUT2D eigenvalue weighted by atomic mass is 32.5. The predicted molar refractivity (Wildman–Crippen MR) is 126 cm³/mol. The van der Waals surface area contributed by atoms with Crippen molar-refractivity contribution in [3.63, 3.8) is 0 Å². The zero-order valence-corrected chi connectivity index (χ0v) is 20.7. The molecule has 176 valence electrons. The Morgan fingerprint density at radius 3 is 1.48 bits per heavy atom. The molecule has 29 heavy (non-hydrogen) atoms. The van der Waals surface area contributed by atoms with E-state index in [0.717, 1.165) is 12.8 Å². The number of hydrogen-bond acceptors (Lipinski definition) is 4. The Hall–Kier alpha value is 0.450. The van der Waals surface area contributed by atoms with Crippen LogP contribution in [0.4, 0.5) is 0 Å². The fourth-order valence-corrected chi connectivity index (χ4v) is 3.95. The molecule has 5 nitrogen and oxygen atoms in total. The van der Waals surface area contributed by atoms with E-state index in [-0.39, 0.29) is 12.7 Å². The van der Waals surface area contributed by atoms with Gasteiger partial charge in [0.05, 0.1) is 13.2 Å². The first-order valence-electron chi connectivity index (χ1n) is 11.8. The Morgan fingerprint density at radius 1 is 0.690 bits per heavy atom. The smallest absolute Gasteiger partial charge is 0.321 e. The van der Waals surface area contributed by atoms with E-state index in [9.17, 15) is 0 Å². The van der Waals surface area contributed by atoms with Crippen molar-refractivity contribution in [3.05, 3.63) is 0 Å². The molecule has 1 unspecified atom stereocenters. The van der Waals surface area contributed by atoms with Crippen molar-refractivity contribution in [1.82, 2.24) is 0 Å². The summed E-state index contributed by atoms with van der Waals surface area (Å²) in [6.45, 7) is -0.306. The van der Waals surface area contributed by atoms with E-state index in [2.05, 4.69) is 18.7 Å². The van der Waals surface area contributed by atoms with E-state index < -0.39 is 6.72 Å². The van der Waals surface area contributed by atoms with Gasteiger partial charge in [-0.1, -0.05) is 103 Å². The van der Waals surface area contributed by atoms with Gasteiger partial charge >= 0.3 is 6.72 Å². The second kappa shape index (κ2) is 21.7. The minimum absolute atomic E-state index is 0.0526. The minimum atomic E-state index is -3.62. The second-order valence-corrected chi connectivity index (χ2v) is 10.7. The normalized spacial score (nSPS) is 13.1. The lowest BCUT2D eigenvalue weighted by molar-refractivity contribution is -0.0287. The van der Waals surface area contributed by atoms with Crippen LogP contribution in [0.25, 0.3) is 0 Å². The van der Waals surface area contributed by atoms with Crippen LogP contribution in [0.1, 0.15) is 110 Å². The fraction of sp³-hybridized carbons (Fsp3) is 1.00. The van der Waals surface area contributed by atoms with Gasteiger partial charge in [0.1, 0.15) is 6.10 Å². The second-order valence-electron chi connectivity index (χ2n) is 8.04. The maximum atomic E-state index is 9.12. The van der Waals surface area contributed by atoms with Crippen LogP contribution in [0.3, 0.4) is 0 Å². The van der Waals surface area contributed by atoms with Gasteiger partial charge in [0.2, 0.25) is 0 Å². The molecule has 0 heterocycles. The molecule has 0 aliphatic rings. The molecule has 0 saturated carbocycles. The van der Waals surface area contributed by atoms with Crippen molar-refractivity contribution in [1.29, 1.82) is 0 Å². The molecular weight excluding hydrogens is 407 g/mol. The van der Waals surface area contributed by atoms with Gasteiger partial charge in [-0.25, -0.2) is 0 Å². The third-order valence-electron chi connectivity index (χ3n) is 5.13. The van der Waals surface area contributed by atoms with E-state index in [1.54, 1.807) is 7.11 Å². The van der Waals surface area contributed by atoms with Crippen molar-refractivity contribution in [2.75, 3.05) is 26.9 Å². The Morgan fingerprint density at radius 2 is 1.10 bits per heavy atom. The summed E-state index contributed by atoms with van der Waals surface area (Å²) in [5.41, 5.74) is 0. The molecule has 1 atom stereocenters. The van der Waals surface area contributed by atoms with Gasteiger partial charge < -0.3 is 23.8 Å². The molecule has 0 aliphatic carbocycles. The fourth-order valence-electron chi connectivity index (χ4n) is 3.41. The Kier molecular flexibility index (Phi) is 22.0. The summed E-state index contributed by atoms with van der Waals surface area (Å²) >= 11 is 4.45. The highest BCUT2D eigenvalue weighted by Crippen LogP contribution is 2.36. The van der Waals surface area contributed by atoms with Crippen LogP contribution < -0.4 is 0 Å². The summed E-state index contributed by atoms with van der Waals surface area (Å²) in [5.74, 6) is 0. The van der Waals surface area contributed by atoms with Crippen LogP contribution in [-0.4, -0.2) is 42.8 Å². The highest BCUT2D eigenvalue weighted by Gasteiger charge is 2.15. The molecular formula is C22H47O5PS. The largest absolute Gasteiger partial charge is 0.382 e. The van der Waals surface area contributed by atoms with E-state index in [1.807, 2.05) is 0 Å². The predicted octanol–water partition coefficient (Wildman–Crippen LogP) is 6.51. The van der Waals surface area contributed by atoms with Crippen LogP contribution in [0, 0.1) is 0 Å². The zero-order valence-electron chi connectivity index (χ0n) is 19.0. The summed E-state index contributed by atoms with van der Waals surface area (Å²) in [5, 5.41) is 0. The van der Waals surface area contributed by atoms with Crippen molar-refractivity contribution in [2.45, 2.75) is 116 Å². The summed E-state index contributed by atoms with van der Waals surface area (Å²) in [4.78, 5) is 18.2. The lowest BCUT2D eigenvalue weighted by Gasteiger charge is -2.18. The van der Waals surface area contributed by atoms with E-state index in [1.165, 1.54) is 89.9 Å². The maximum Gasteiger partial charge on any atom is 0.321 e. The summed E-state index contributed by atoms with van der Waals surface area (Å²) in [7, 11) is 1.58. The molecule has 0 spiro atoms. The molecule has 0 aromatic heterocycles. The Balaban J connectivity index is 3.32. The van der Waals surface area contributed by atoms with Gasteiger partial charge in [0, 0.05) is 13.7 Å². The zero-order chi connectivity index (χ0) is 21.6. The third-order valence-corrected chi connectivity index (χ3v) is 5.93. The van der Waals surface area contributed by atoms with Crippen LogP contribution in [0.5, 0.6) is 0 Å². The molecule has 0 aromatic rings. The number of hydrogen-bond donors (Lipinski definition) is 2. The van der Waals surface area contributed by atoms with Crippen molar-refractivity contribution < 1.29 is 23.8 Å². The summed E-state index contributed by atoms with van der Waals surface area (Å²) < 4.78 is 15.6. The maximum absolute atomic E-state index is 9.12. The van der Waals surface area contributed by atoms with E-state index in [0.29, 0.717) is 13.2 Å². The lowest BCUT2D eigenvalue weighted by atomic mass is 10.0. The van der Waals surface area contributed by atoms with Gasteiger partial charge in [-0.2, -0.15) is 0 Å². The van der Waals surface area contributed by atoms with Crippen molar-refractivity contribution >= 4 is 18.5 Å². The molecule has 2 N–H and O–H groups in total. The van der Waals surface area contributed by atoms with Gasteiger partial charge in [-0.05, 0) is 18.2 Å². The van der Waals surface area contributed by atoms with Crippen LogP contribution in [-0.2, 0) is 25.8 Å². The number of unbranched alkanes of at least 4 members (excludes halogenated alkanes) is 15. The van der Waals surface area contributed by atoms with Crippen molar-refractivity contribution in [3.8, 4) is 0 Å². The van der Waals surface area contributed by atoms with Gasteiger partial charge in [-0.3, -0.25) is 0 Å². The van der Waals surface area contributed by atoms with Crippen LogP contribution >= 0.6 is 6.72 Å². The third kappa shape index (κ3) is 24.6. The molecule has 0 radical (unpaired) electrons. The van der Waals surface area contributed by atoms with Gasteiger partial charge in [-0.15, -0.1) is 0 Å². The molecule has 0 bridgehead atoms. The van der Waals surface area contributed by atoms with Gasteiger partial charge in [0.15, 0.2) is 0 Å². The first kappa shape index (κ1) is 29.5. The molecule has 7 heteroatoms. The Labute approximate surface area is 185 Å². The summed E-state index contributed by atoms with van der Waals surface area (Å²) in [6, 6.07) is 0. The number of ether oxygens (including phenoxy) is 2. The first-order chi connectivity index (χ1) is 14.0. The molecule has 0 saturated heterocycles. The van der Waals surface area contributed by atoms with Crippen LogP contribution in [0.15, 0.2) is 0 Å². The first-order valence-corrected chi connectivity index (χ1v) is 14.4. The molecule has 0 amide bonds. The molecule has 0 aliphatic heterocycles. The van der Waals surface area contributed by atoms with Crippen LogP contribution in [0.2, 0.25) is 0 Å². The highest BCUT2D eigenvalue weighted by molar-refractivity contribution is 8.06. The van der Waals surface area contributed by atoms with Crippen molar-refractivity contribution in [2.24, 2.45) is 0 Å². The standard InChI is InChI=1S/C22H47O5PS/c1-3-4-5-6-7-8-9-10-11-12-13-14-15-16-17-18-19-26-22(20-25-2)21-27-28(23,24)29/h22H,3-21H2,1-2H3,(H2,23,24,29). The lowest BCUT2D eigenvalue weighted by Crippen LogP contribution is -2.25. The summed E-state index contributed by atoms with van der Waals surface area (Å²) in [6.07, 6.45) is 21.2.